The van der Waals surface area contributed by atoms with Gasteiger partial charge in [0.2, 0.25) is 10.0 Å². The lowest BCUT2D eigenvalue weighted by atomic mass is 10.0. The SMILES string of the molecule is Cc1cc(C(N=C2NS(=O)(=O)C(C(N)=O)=C2Nc2cccc(S(=O)(=O)N(C)C)c2O)C(C)C)oc1C. The monoisotopic (exact) mass is 539 g/mol. The highest BCUT2D eigenvalue weighted by molar-refractivity contribution is 7.95. The third kappa shape index (κ3) is 4.96. The molecule has 3 rings (SSSR count). The number of para-hydroxylation sites is 1. The maximum atomic E-state index is 12.8. The Hall–Kier alpha value is -3.36. The number of aliphatic imine (C=N–C) groups is 1. The van der Waals surface area contributed by atoms with E-state index in [0.717, 1.165) is 9.87 Å². The van der Waals surface area contributed by atoms with Crippen LogP contribution in [0, 0.1) is 19.8 Å². The Balaban J connectivity index is 2.20. The van der Waals surface area contributed by atoms with Gasteiger partial charge in [-0.2, -0.15) is 0 Å². The van der Waals surface area contributed by atoms with Crippen LogP contribution in [0.2, 0.25) is 0 Å². The van der Waals surface area contributed by atoms with Crippen molar-refractivity contribution in [2.75, 3.05) is 19.4 Å². The molecule has 0 spiro atoms. The predicted octanol–water partition coefficient (Wildman–Crippen LogP) is 1.69. The fraction of sp³-hybridized carbons (Fsp3) is 0.364. The van der Waals surface area contributed by atoms with Gasteiger partial charge < -0.3 is 20.6 Å². The van der Waals surface area contributed by atoms with Gasteiger partial charge in [-0.25, -0.2) is 21.1 Å². The number of primary amides is 1. The zero-order chi connectivity index (χ0) is 27.2. The Bertz CT molecular complexity index is 1470. The normalized spacial score (nSPS) is 17.6. The van der Waals surface area contributed by atoms with Gasteiger partial charge in [0, 0.05) is 14.1 Å². The molecule has 0 saturated carbocycles. The summed E-state index contributed by atoms with van der Waals surface area (Å²) in [5.74, 6) is -1.16. The van der Waals surface area contributed by atoms with Crippen molar-refractivity contribution in [2.24, 2.45) is 16.6 Å². The van der Waals surface area contributed by atoms with Gasteiger partial charge in [0.25, 0.3) is 15.9 Å². The number of carbonyl (C=O) groups is 1. The van der Waals surface area contributed by atoms with E-state index in [-0.39, 0.29) is 23.1 Å². The molecule has 0 bridgehead atoms. The number of nitrogens with zero attached hydrogens (tertiary/aromatic N) is 2. The quantitative estimate of drug-likeness (QED) is 0.365. The van der Waals surface area contributed by atoms with E-state index >= 15 is 0 Å². The number of hydrogen-bond donors (Lipinski definition) is 4. The zero-order valence-corrected chi connectivity index (χ0v) is 22.3. The second-order valence-corrected chi connectivity index (χ2v) is 12.5. The number of amides is 1. The largest absolute Gasteiger partial charge is 0.504 e. The van der Waals surface area contributed by atoms with E-state index < -0.39 is 47.5 Å². The smallest absolute Gasteiger partial charge is 0.270 e. The molecule has 1 aliphatic heterocycles. The van der Waals surface area contributed by atoms with Crippen LogP contribution < -0.4 is 15.8 Å². The van der Waals surface area contributed by atoms with Crippen molar-refractivity contribution in [2.45, 2.75) is 38.6 Å². The summed E-state index contributed by atoms with van der Waals surface area (Å²) in [6.07, 6.45) is 0. The van der Waals surface area contributed by atoms with Crippen molar-refractivity contribution < 1.29 is 31.2 Å². The molecule has 36 heavy (non-hydrogen) atoms. The topological polar surface area (TPSA) is 184 Å². The van der Waals surface area contributed by atoms with Crippen molar-refractivity contribution in [3.8, 4) is 5.75 Å². The lowest BCUT2D eigenvalue weighted by Crippen LogP contribution is -2.28. The average Bonchev–Trinajstić information content (AvgIpc) is 3.21. The number of benzene rings is 1. The first-order valence-electron chi connectivity index (χ1n) is 10.8. The number of rotatable bonds is 8. The van der Waals surface area contributed by atoms with Gasteiger partial charge >= 0.3 is 0 Å². The first kappa shape index (κ1) is 27.2. The van der Waals surface area contributed by atoms with Crippen molar-refractivity contribution in [1.82, 2.24) is 9.03 Å². The standard InChI is InChI=1S/C22H29N5O7S2/c1-11(2)17(15-10-12(3)13(4)34-15)25-22-18(20(21(23)29)35(30,31)26-22)24-14-8-7-9-16(19(14)28)36(32,33)27(5)6/h7-11,17,24,28H,1-6H3,(H2,23,29)(H,25,26). The Morgan fingerprint density at radius 3 is 2.39 bits per heavy atom. The number of amidine groups is 1. The summed E-state index contributed by atoms with van der Waals surface area (Å²) < 4.78 is 59.7. The number of carbonyl (C=O) groups excluding carboxylic acids is 1. The van der Waals surface area contributed by atoms with Gasteiger partial charge in [0.05, 0.1) is 5.69 Å². The number of phenols is 1. The van der Waals surface area contributed by atoms with E-state index in [9.17, 15) is 26.7 Å². The molecule has 2 aromatic rings. The maximum Gasteiger partial charge on any atom is 0.270 e. The van der Waals surface area contributed by atoms with Crippen LogP contribution in [0.1, 0.15) is 37.0 Å². The first-order chi connectivity index (χ1) is 16.6. The van der Waals surface area contributed by atoms with E-state index in [2.05, 4.69) is 15.0 Å². The van der Waals surface area contributed by atoms with E-state index in [4.69, 9.17) is 10.2 Å². The number of furan rings is 1. The molecule has 0 radical (unpaired) electrons. The van der Waals surface area contributed by atoms with Crippen molar-refractivity contribution in [3.05, 3.63) is 52.0 Å². The van der Waals surface area contributed by atoms with Crippen LogP contribution in [0.15, 0.2) is 49.2 Å². The number of hydrogen-bond acceptors (Lipinski definition) is 9. The second-order valence-electron chi connectivity index (χ2n) is 8.79. The maximum absolute atomic E-state index is 12.8. The lowest BCUT2D eigenvalue weighted by molar-refractivity contribution is -0.113. The molecule has 12 nitrogen and oxygen atoms in total. The van der Waals surface area contributed by atoms with Crippen molar-refractivity contribution >= 4 is 37.5 Å². The summed E-state index contributed by atoms with van der Waals surface area (Å²) in [5, 5.41) is 13.4. The van der Waals surface area contributed by atoms with Crippen molar-refractivity contribution in [1.29, 1.82) is 0 Å². The van der Waals surface area contributed by atoms with Gasteiger partial charge in [-0.3, -0.25) is 14.5 Å². The fourth-order valence-corrected chi connectivity index (χ4v) is 5.72. The molecule has 1 unspecified atom stereocenters. The molecular formula is C22H29N5O7S2. The van der Waals surface area contributed by atoms with Crippen LogP contribution in [0.5, 0.6) is 5.75 Å². The number of anilines is 1. The predicted molar refractivity (Wildman–Crippen MR) is 134 cm³/mol. The summed E-state index contributed by atoms with van der Waals surface area (Å²) in [7, 11) is -5.85. The highest BCUT2D eigenvalue weighted by atomic mass is 32.2. The highest BCUT2D eigenvalue weighted by Gasteiger charge is 2.39. The molecule has 14 heteroatoms. The van der Waals surface area contributed by atoms with Crippen LogP contribution in [-0.2, 0) is 24.8 Å². The molecule has 196 valence electrons. The van der Waals surface area contributed by atoms with Crippen LogP contribution in [-0.4, -0.2) is 52.1 Å². The molecule has 0 fully saturated rings. The number of nitrogens with one attached hydrogen (secondary N) is 2. The highest BCUT2D eigenvalue weighted by Crippen LogP contribution is 2.36. The molecule has 1 aromatic heterocycles. The van der Waals surface area contributed by atoms with Crippen LogP contribution in [0.3, 0.4) is 0 Å². The molecule has 1 aliphatic rings. The number of nitrogens with two attached hydrogens (primary N) is 1. The first-order valence-corrected chi connectivity index (χ1v) is 13.7. The van der Waals surface area contributed by atoms with Gasteiger partial charge in [-0.15, -0.1) is 0 Å². The van der Waals surface area contributed by atoms with E-state index in [1.807, 2.05) is 20.8 Å². The molecule has 2 heterocycles. The van der Waals surface area contributed by atoms with Crippen molar-refractivity contribution in [3.63, 3.8) is 0 Å². The van der Waals surface area contributed by atoms with Gasteiger partial charge in [0.1, 0.15) is 28.2 Å². The van der Waals surface area contributed by atoms with E-state index in [1.165, 1.54) is 32.3 Å². The molecule has 0 saturated heterocycles. The molecule has 1 aromatic carbocycles. The Morgan fingerprint density at radius 2 is 1.89 bits per heavy atom. The molecular weight excluding hydrogens is 510 g/mol. The van der Waals surface area contributed by atoms with Crippen LogP contribution in [0.4, 0.5) is 5.69 Å². The van der Waals surface area contributed by atoms with E-state index in [1.54, 1.807) is 13.0 Å². The third-order valence-electron chi connectivity index (χ3n) is 5.58. The third-order valence-corrected chi connectivity index (χ3v) is 8.83. The number of aromatic hydroxyl groups is 1. The number of aryl methyl sites for hydroxylation is 2. The van der Waals surface area contributed by atoms with Gasteiger partial charge in [-0.05, 0) is 43.5 Å². The fourth-order valence-electron chi connectivity index (χ4n) is 3.52. The molecule has 1 atom stereocenters. The Morgan fingerprint density at radius 1 is 1.25 bits per heavy atom. The minimum Gasteiger partial charge on any atom is -0.504 e. The number of sulfonamides is 2. The van der Waals surface area contributed by atoms with Crippen LogP contribution >= 0.6 is 0 Å². The lowest BCUT2D eigenvalue weighted by Gasteiger charge is -2.18. The second kappa shape index (κ2) is 9.59. The van der Waals surface area contributed by atoms with Gasteiger partial charge in [0.15, 0.2) is 16.5 Å². The summed E-state index contributed by atoms with van der Waals surface area (Å²) in [4.78, 5) is 15.5. The molecule has 1 amide bonds. The summed E-state index contributed by atoms with van der Waals surface area (Å²) in [6.45, 7) is 7.37. The summed E-state index contributed by atoms with van der Waals surface area (Å²) in [5.41, 5.74) is 5.77. The molecule has 0 aliphatic carbocycles. The Labute approximate surface area is 210 Å². The van der Waals surface area contributed by atoms with E-state index in [0.29, 0.717) is 11.5 Å². The average molecular weight is 540 g/mol. The number of phenolic OH excluding ortho intramolecular Hbond substituents is 1. The Kier molecular flexibility index (Phi) is 7.26. The molecule has 5 N–H and O–H groups in total. The van der Waals surface area contributed by atoms with Gasteiger partial charge in [-0.1, -0.05) is 19.9 Å². The zero-order valence-electron chi connectivity index (χ0n) is 20.6. The summed E-state index contributed by atoms with van der Waals surface area (Å²) >= 11 is 0. The van der Waals surface area contributed by atoms with Crippen LogP contribution in [0.25, 0.3) is 0 Å². The summed E-state index contributed by atoms with van der Waals surface area (Å²) in [6, 6.07) is 5.00. The minimum absolute atomic E-state index is 0.146. The minimum atomic E-state index is -4.40.